The first-order valence-electron chi connectivity index (χ1n) is 4.94. The molecule has 0 aliphatic rings. The zero-order valence-electron chi connectivity index (χ0n) is 9.30. The molecule has 3 heteroatoms. The maximum absolute atomic E-state index is 11.0. The molecule has 0 aliphatic heterocycles. The van der Waals surface area contributed by atoms with Gasteiger partial charge < -0.3 is 9.64 Å². The van der Waals surface area contributed by atoms with Gasteiger partial charge in [0.05, 0.1) is 13.0 Å². The van der Waals surface area contributed by atoms with E-state index in [9.17, 15) is 4.79 Å². The molecular weight excluding hydrogens is 178 g/mol. The fraction of sp³-hybridized carbons (Fsp3) is 0.727. The van der Waals surface area contributed by atoms with Gasteiger partial charge in [-0.15, -0.1) is 11.8 Å². The molecule has 0 saturated heterocycles. The normalized spacial score (nSPS) is 9.43. The topological polar surface area (TPSA) is 29.5 Å². The van der Waals surface area contributed by atoms with Crippen molar-refractivity contribution in [3.8, 4) is 11.8 Å². The first kappa shape index (κ1) is 13.0. The van der Waals surface area contributed by atoms with E-state index in [0.717, 1.165) is 19.5 Å². The molecule has 80 valence electrons. The summed E-state index contributed by atoms with van der Waals surface area (Å²) in [5.41, 5.74) is 0. The van der Waals surface area contributed by atoms with Crippen LogP contribution in [-0.2, 0) is 9.53 Å². The lowest BCUT2D eigenvalue weighted by Crippen LogP contribution is -2.23. The highest BCUT2D eigenvalue weighted by atomic mass is 16.5. The molecule has 0 aliphatic carbocycles. The van der Waals surface area contributed by atoms with Crippen molar-refractivity contribution in [1.82, 2.24) is 4.90 Å². The maximum atomic E-state index is 11.0. The third kappa shape index (κ3) is 7.63. The van der Waals surface area contributed by atoms with Crippen LogP contribution >= 0.6 is 0 Å². The summed E-state index contributed by atoms with van der Waals surface area (Å²) >= 11 is 0. The number of carbonyl (C=O) groups excluding carboxylic acids is 1. The maximum Gasteiger partial charge on any atom is 0.307 e. The van der Waals surface area contributed by atoms with Gasteiger partial charge in [0.1, 0.15) is 0 Å². The molecular formula is C11H19NO2. The predicted octanol–water partition coefficient (Wildman–Crippen LogP) is 1.28. The van der Waals surface area contributed by atoms with Gasteiger partial charge in [0.2, 0.25) is 0 Å². The molecule has 0 rings (SSSR count). The average molecular weight is 197 g/mol. The van der Waals surface area contributed by atoms with Gasteiger partial charge in [0.25, 0.3) is 0 Å². The molecule has 0 aromatic heterocycles. The van der Waals surface area contributed by atoms with Crippen molar-refractivity contribution in [3.63, 3.8) is 0 Å². The summed E-state index contributed by atoms with van der Waals surface area (Å²) < 4.78 is 4.82. The van der Waals surface area contributed by atoms with E-state index >= 15 is 0 Å². The molecule has 0 aromatic carbocycles. The highest BCUT2D eigenvalue weighted by Crippen LogP contribution is 1.92. The largest absolute Gasteiger partial charge is 0.466 e. The zero-order chi connectivity index (χ0) is 10.8. The second kappa shape index (κ2) is 8.58. The number of rotatable bonds is 6. The molecule has 0 spiro atoms. The molecule has 0 fully saturated rings. The minimum atomic E-state index is -0.124. The summed E-state index contributed by atoms with van der Waals surface area (Å²) in [6, 6.07) is 0. The minimum Gasteiger partial charge on any atom is -0.466 e. The van der Waals surface area contributed by atoms with Gasteiger partial charge in [-0.05, 0) is 20.9 Å². The summed E-state index contributed by atoms with van der Waals surface area (Å²) in [7, 11) is 1.98. The molecule has 0 atom stereocenters. The van der Waals surface area contributed by atoms with Crippen molar-refractivity contribution in [2.45, 2.75) is 26.7 Å². The van der Waals surface area contributed by atoms with E-state index in [-0.39, 0.29) is 5.97 Å². The SMILES string of the molecule is CC#CCCN(C)CCC(=O)OCC. The highest BCUT2D eigenvalue weighted by molar-refractivity contribution is 5.69. The van der Waals surface area contributed by atoms with Crippen molar-refractivity contribution >= 4 is 5.97 Å². The van der Waals surface area contributed by atoms with E-state index in [2.05, 4.69) is 16.7 Å². The Hall–Kier alpha value is -1.01. The zero-order valence-corrected chi connectivity index (χ0v) is 9.30. The van der Waals surface area contributed by atoms with Crippen LogP contribution in [0.3, 0.4) is 0 Å². The van der Waals surface area contributed by atoms with Gasteiger partial charge in [0, 0.05) is 19.5 Å². The van der Waals surface area contributed by atoms with Crippen molar-refractivity contribution in [1.29, 1.82) is 0 Å². The van der Waals surface area contributed by atoms with Crippen LogP contribution in [-0.4, -0.2) is 37.6 Å². The van der Waals surface area contributed by atoms with Crippen LogP contribution in [0.4, 0.5) is 0 Å². The Bertz CT molecular complexity index is 215. The Kier molecular flexibility index (Phi) is 7.96. The molecule has 0 radical (unpaired) electrons. The fourth-order valence-corrected chi connectivity index (χ4v) is 0.999. The van der Waals surface area contributed by atoms with Crippen LogP contribution in [0.25, 0.3) is 0 Å². The Morgan fingerprint density at radius 1 is 1.43 bits per heavy atom. The third-order valence-electron chi connectivity index (χ3n) is 1.80. The Morgan fingerprint density at radius 2 is 2.14 bits per heavy atom. The number of esters is 1. The van der Waals surface area contributed by atoms with Gasteiger partial charge in [-0.3, -0.25) is 4.79 Å². The number of hydrogen-bond acceptors (Lipinski definition) is 3. The van der Waals surface area contributed by atoms with Crippen LogP contribution in [0.2, 0.25) is 0 Å². The van der Waals surface area contributed by atoms with Gasteiger partial charge in [0.15, 0.2) is 0 Å². The highest BCUT2D eigenvalue weighted by Gasteiger charge is 2.03. The van der Waals surface area contributed by atoms with Gasteiger partial charge in [-0.2, -0.15) is 0 Å². The number of hydrogen-bond donors (Lipinski definition) is 0. The minimum absolute atomic E-state index is 0.124. The number of carbonyl (C=O) groups is 1. The smallest absolute Gasteiger partial charge is 0.307 e. The first-order valence-corrected chi connectivity index (χ1v) is 4.94. The summed E-state index contributed by atoms with van der Waals surface area (Å²) in [6.07, 6.45) is 1.32. The average Bonchev–Trinajstić information content (AvgIpc) is 2.16. The van der Waals surface area contributed by atoms with Crippen molar-refractivity contribution < 1.29 is 9.53 Å². The summed E-state index contributed by atoms with van der Waals surface area (Å²) in [5, 5.41) is 0. The predicted molar refractivity (Wildman–Crippen MR) is 56.8 cm³/mol. The summed E-state index contributed by atoms with van der Waals surface area (Å²) in [4.78, 5) is 13.1. The molecule has 0 unspecified atom stereocenters. The lowest BCUT2D eigenvalue weighted by Gasteiger charge is -2.13. The Balaban J connectivity index is 3.46. The number of ether oxygens (including phenoxy) is 1. The van der Waals surface area contributed by atoms with Gasteiger partial charge in [-0.25, -0.2) is 0 Å². The lowest BCUT2D eigenvalue weighted by atomic mass is 10.3. The standard InChI is InChI=1S/C11H19NO2/c1-4-6-7-9-12(3)10-8-11(13)14-5-2/h5,7-10H2,1-3H3. The molecule has 0 N–H and O–H groups in total. The molecule has 3 nitrogen and oxygen atoms in total. The van der Waals surface area contributed by atoms with Crippen molar-refractivity contribution in [3.05, 3.63) is 0 Å². The lowest BCUT2D eigenvalue weighted by molar-refractivity contribution is -0.143. The third-order valence-corrected chi connectivity index (χ3v) is 1.80. The molecule has 0 amide bonds. The monoisotopic (exact) mass is 197 g/mol. The first-order chi connectivity index (χ1) is 6.70. The van der Waals surface area contributed by atoms with Crippen LogP contribution in [0, 0.1) is 11.8 Å². The van der Waals surface area contributed by atoms with Crippen molar-refractivity contribution in [2.75, 3.05) is 26.7 Å². The second-order valence-corrected chi connectivity index (χ2v) is 3.04. The van der Waals surface area contributed by atoms with Gasteiger partial charge >= 0.3 is 5.97 Å². The molecule has 0 heterocycles. The Labute approximate surface area is 86.4 Å². The van der Waals surface area contributed by atoms with E-state index in [1.165, 1.54) is 0 Å². The van der Waals surface area contributed by atoms with Crippen LogP contribution in [0.5, 0.6) is 0 Å². The van der Waals surface area contributed by atoms with E-state index < -0.39 is 0 Å². The van der Waals surface area contributed by atoms with E-state index in [0.29, 0.717) is 13.0 Å². The van der Waals surface area contributed by atoms with E-state index in [1.54, 1.807) is 0 Å². The summed E-state index contributed by atoms with van der Waals surface area (Å²) in [6.45, 7) is 5.76. The quantitative estimate of drug-likeness (QED) is 0.474. The summed E-state index contributed by atoms with van der Waals surface area (Å²) in [5.74, 6) is 5.70. The van der Waals surface area contributed by atoms with Crippen molar-refractivity contribution in [2.24, 2.45) is 0 Å². The van der Waals surface area contributed by atoms with Crippen LogP contribution < -0.4 is 0 Å². The second-order valence-electron chi connectivity index (χ2n) is 3.04. The molecule has 0 aromatic rings. The molecule has 14 heavy (non-hydrogen) atoms. The van der Waals surface area contributed by atoms with Crippen LogP contribution in [0.15, 0.2) is 0 Å². The Morgan fingerprint density at radius 3 is 2.71 bits per heavy atom. The fourth-order valence-electron chi connectivity index (χ4n) is 0.999. The molecule has 0 saturated carbocycles. The van der Waals surface area contributed by atoms with Gasteiger partial charge in [-0.1, -0.05) is 0 Å². The van der Waals surface area contributed by atoms with E-state index in [1.807, 2.05) is 20.9 Å². The van der Waals surface area contributed by atoms with Crippen LogP contribution in [0.1, 0.15) is 26.7 Å². The van der Waals surface area contributed by atoms with E-state index in [4.69, 9.17) is 4.74 Å². The molecule has 0 bridgehead atoms. The number of nitrogens with zero attached hydrogens (tertiary/aromatic N) is 1.